The van der Waals surface area contributed by atoms with Crippen LogP contribution < -0.4 is 25.4 Å². The molecule has 230 valence electrons. The number of rotatable bonds is 9. The summed E-state index contributed by atoms with van der Waals surface area (Å²) in [5.74, 6) is 0.366. The third kappa shape index (κ3) is 7.52. The van der Waals surface area contributed by atoms with Crippen molar-refractivity contribution in [2.24, 2.45) is 0 Å². The van der Waals surface area contributed by atoms with Gasteiger partial charge >= 0.3 is 0 Å². The van der Waals surface area contributed by atoms with Crippen LogP contribution in [0.3, 0.4) is 0 Å². The molecule has 1 aromatic heterocycles. The zero-order valence-electron chi connectivity index (χ0n) is 24.4. The largest absolute Gasteiger partial charge is 0.487 e. The van der Waals surface area contributed by atoms with E-state index in [-0.39, 0.29) is 24.4 Å². The smallest absolute Gasteiger partial charge is 0.248 e. The van der Waals surface area contributed by atoms with Gasteiger partial charge in [0, 0.05) is 35.8 Å². The van der Waals surface area contributed by atoms with Crippen LogP contribution in [0.4, 0.5) is 21.5 Å². The molecule has 3 aromatic carbocycles. The predicted molar refractivity (Wildman–Crippen MR) is 171 cm³/mol. The highest BCUT2D eigenvalue weighted by atomic mass is 35.5. The first kappa shape index (κ1) is 30.3. The Balaban J connectivity index is 1.30. The van der Waals surface area contributed by atoms with E-state index in [9.17, 15) is 14.4 Å². The molecule has 2 fully saturated rings. The molecular weight excluding hydrogens is 597 g/mol. The van der Waals surface area contributed by atoms with Crippen molar-refractivity contribution in [2.45, 2.75) is 32.0 Å². The normalized spacial score (nSPS) is 16.2. The first-order valence-corrected chi connectivity index (χ1v) is 15.1. The summed E-state index contributed by atoms with van der Waals surface area (Å²) < 4.78 is 30.8. The van der Waals surface area contributed by atoms with Crippen LogP contribution in [0.1, 0.15) is 30.4 Å². The van der Waals surface area contributed by atoms with E-state index in [1.54, 1.807) is 48.5 Å². The number of carbonyl (C=O) groups excluding carboxylic acids is 1. The van der Waals surface area contributed by atoms with Crippen molar-refractivity contribution in [2.75, 3.05) is 36.9 Å². The summed E-state index contributed by atoms with van der Waals surface area (Å²) in [5.41, 5.74) is 4.34. The van der Waals surface area contributed by atoms with Gasteiger partial charge in [-0.1, -0.05) is 29.3 Å². The standard InChI is InChI=1S/C34H31ClFN5O4/c35-28-14-25(5-6-31(28)44-19-22-1-3-24(36)4-2-22)40-34-23(17-37)18-39-29-16-32(45-26-9-12-43-20-26)30(15-27(29)34)41-33(42)13-21-7-10-38-11-8-21/h1-6,13-16,18,26,38H,7-12,19-20H2,(H,39,40)(H,41,42). The molecule has 2 aliphatic heterocycles. The Morgan fingerprint density at radius 3 is 2.71 bits per heavy atom. The van der Waals surface area contributed by atoms with E-state index in [0.717, 1.165) is 43.5 Å². The van der Waals surface area contributed by atoms with Crippen LogP contribution in [0.25, 0.3) is 10.9 Å². The maximum atomic E-state index is 13.2. The van der Waals surface area contributed by atoms with Gasteiger partial charge < -0.3 is 30.2 Å². The second-order valence-corrected chi connectivity index (χ2v) is 11.3. The van der Waals surface area contributed by atoms with Gasteiger partial charge in [0.25, 0.3) is 0 Å². The van der Waals surface area contributed by atoms with Gasteiger partial charge in [0.1, 0.15) is 36.1 Å². The fraction of sp³-hybridized carbons (Fsp3) is 0.265. The van der Waals surface area contributed by atoms with Crippen molar-refractivity contribution in [1.82, 2.24) is 10.3 Å². The summed E-state index contributed by atoms with van der Waals surface area (Å²) in [5, 5.41) is 20.5. The number of amides is 1. The molecule has 4 aromatic rings. The van der Waals surface area contributed by atoms with Crippen LogP contribution in [0.2, 0.25) is 5.02 Å². The maximum absolute atomic E-state index is 13.2. The topological polar surface area (TPSA) is 118 Å². The minimum absolute atomic E-state index is 0.150. The number of nitrogens with one attached hydrogen (secondary N) is 3. The van der Waals surface area contributed by atoms with Gasteiger partial charge in [0.15, 0.2) is 0 Å². The molecule has 6 rings (SSSR count). The summed E-state index contributed by atoms with van der Waals surface area (Å²) in [6, 6.07) is 17.0. The van der Waals surface area contributed by atoms with E-state index in [1.165, 1.54) is 18.3 Å². The van der Waals surface area contributed by atoms with Crippen LogP contribution in [0.5, 0.6) is 11.5 Å². The monoisotopic (exact) mass is 627 g/mol. The lowest BCUT2D eigenvalue weighted by molar-refractivity contribution is -0.112. The molecule has 1 atom stereocenters. The molecule has 0 saturated carbocycles. The summed E-state index contributed by atoms with van der Waals surface area (Å²) in [6.07, 6.45) is 5.36. The summed E-state index contributed by atoms with van der Waals surface area (Å²) >= 11 is 6.56. The molecule has 0 bridgehead atoms. The first-order chi connectivity index (χ1) is 21.9. The van der Waals surface area contributed by atoms with Crippen molar-refractivity contribution in [3.8, 4) is 17.6 Å². The molecule has 0 spiro atoms. The highest BCUT2D eigenvalue weighted by molar-refractivity contribution is 6.32. The number of benzene rings is 3. The van der Waals surface area contributed by atoms with Crippen molar-refractivity contribution in [1.29, 1.82) is 5.26 Å². The lowest BCUT2D eigenvalue weighted by Crippen LogP contribution is -2.24. The van der Waals surface area contributed by atoms with E-state index in [1.807, 2.05) is 0 Å². The molecule has 3 heterocycles. The lowest BCUT2D eigenvalue weighted by atomic mass is 10.0. The molecule has 1 unspecified atom stereocenters. The number of aromatic nitrogens is 1. The number of hydrogen-bond donors (Lipinski definition) is 3. The summed E-state index contributed by atoms with van der Waals surface area (Å²) in [7, 11) is 0. The van der Waals surface area contributed by atoms with Crippen molar-refractivity contribution in [3.63, 3.8) is 0 Å². The average molecular weight is 628 g/mol. The van der Waals surface area contributed by atoms with Crippen molar-refractivity contribution >= 4 is 45.5 Å². The van der Waals surface area contributed by atoms with Gasteiger partial charge in [-0.3, -0.25) is 9.78 Å². The number of piperidine rings is 1. The third-order valence-electron chi connectivity index (χ3n) is 7.62. The Morgan fingerprint density at radius 2 is 1.98 bits per heavy atom. The van der Waals surface area contributed by atoms with E-state index < -0.39 is 0 Å². The Hall–Kier alpha value is -4.69. The van der Waals surface area contributed by atoms with Crippen molar-refractivity contribution in [3.05, 3.63) is 94.4 Å². The Bertz CT molecular complexity index is 1780. The molecule has 0 aliphatic carbocycles. The van der Waals surface area contributed by atoms with Crippen LogP contribution in [-0.4, -0.2) is 43.3 Å². The minimum Gasteiger partial charge on any atom is -0.487 e. The Kier molecular flexibility index (Phi) is 9.41. The zero-order valence-corrected chi connectivity index (χ0v) is 25.1. The number of anilines is 3. The fourth-order valence-electron chi connectivity index (χ4n) is 5.25. The van der Waals surface area contributed by atoms with Crippen LogP contribution in [-0.2, 0) is 16.1 Å². The molecule has 1 amide bonds. The van der Waals surface area contributed by atoms with E-state index >= 15 is 0 Å². The molecule has 11 heteroatoms. The predicted octanol–water partition coefficient (Wildman–Crippen LogP) is 6.64. The highest BCUT2D eigenvalue weighted by Gasteiger charge is 2.22. The quantitative estimate of drug-likeness (QED) is 0.177. The second kappa shape index (κ2) is 13.9. The third-order valence-corrected chi connectivity index (χ3v) is 7.91. The summed E-state index contributed by atoms with van der Waals surface area (Å²) in [4.78, 5) is 17.6. The number of nitriles is 1. The van der Waals surface area contributed by atoms with Gasteiger partial charge in [0.2, 0.25) is 5.91 Å². The SMILES string of the molecule is N#Cc1cnc2cc(OC3CCOC3)c(NC(=O)C=C3CCNCC3)cc2c1Nc1ccc(OCc2ccc(F)cc2)c(Cl)c1. The van der Waals surface area contributed by atoms with E-state index in [4.69, 9.17) is 25.8 Å². The van der Waals surface area contributed by atoms with E-state index in [0.29, 0.717) is 63.3 Å². The van der Waals surface area contributed by atoms with Gasteiger partial charge in [-0.15, -0.1) is 0 Å². The molecule has 0 radical (unpaired) electrons. The van der Waals surface area contributed by atoms with Gasteiger partial charge in [0.05, 0.1) is 40.7 Å². The lowest BCUT2D eigenvalue weighted by Gasteiger charge is -2.19. The molecule has 2 aliphatic rings. The Morgan fingerprint density at radius 1 is 1.16 bits per heavy atom. The molecule has 45 heavy (non-hydrogen) atoms. The Labute approximate surface area is 265 Å². The zero-order chi connectivity index (χ0) is 31.2. The first-order valence-electron chi connectivity index (χ1n) is 14.7. The second-order valence-electron chi connectivity index (χ2n) is 10.9. The molecule has 3 N–H and O–H groups in total. The number of nitrogens with zero attached hydrogens (tertiary/aromatic N) is 2. The van der Waals surface area contributed by atoms with Crippen LogP contribution >= 0.6 is 11.6 Å². The molecule has 9 nitrogen and oxygen atoms in total. The number of fused-ring (bicyclic) bond motifs is 1. The van der Waals surface area contributed by atoms with Gasteiger partial charge in [-0.2, -0.15) is 5.26 Å². The number of ether oxygens (including phenoxy) is 3. The average Bonchev–Trinajstić information content (AvgIpc) is 3.56. The van der Waals surface area contributed by atoms with E-state index in [2.05, 4.69) is 27.0 Å². The fourth-order valence-corrected chi connectivity index (χ4v) is 5.48. The summed E-state index contributed by atoms with van der Waals surface area (Å²) in [6.45, 7) is 2.97. The maximum Gasteiger partial charge on any atom is 0.248 e. The molecular formula is C34H31ClFN5O4. The highest BCUT2D eigenvalue weighted by Crippen LogP contribution is 2.38. The molecule has 2 saturated heterocycles. The number of hydrogen-bond acceptors (Lipinski definition) is 8. The van der Waals surface area contributed by atoms with Crippen LogP contribution in [0.15, 0.2) is 72.4 Å². The number of halogens is 2. The van der Waals surface area contributed by atoms with Gasteiger partial charge in [-0.25, -0.2) is 4.39 Å². The van der Waals surface area contributed by atoms with Crippen LogP contribution in [0, 0.1) is 17.1 Å². The number of carbonyl (C=O) groups is 1. The van der Waals surface area contributed by atoms with Crippen molar-refractivity contribution < 1.29 is 23.4 Å². The minimum atomic E-state index is -0.316. The van der Waals surface area contributed by atoms with Gasteiger partial charge in [-0.05, 0) is 67.9 Å². The number of pyridine rings is 1.